The number of carbonyl (C=O) groups excluding carboxylic acids is 1. The van der Waals surface area contributed by atoms with Crippen molar-refractivity contribution in [2.45, 2.75) is 6.92 Å². The van der Waals surface area contributed by atoms with Gasteiger partial charge < -0.3 is 4.74 Å². The quantitative estimate of drug-likeness (QED) is 0.248. The highest BCUT2D eigenvalue weighted by molar-refractivity contribution is 6.30. The van der Waals surface area contributed by atoms with Crippen molar-refractivity contribution in [3.63, 3.8) is 0 Å². The maximum absolute atomic E-state index is 11.7. The predicted octanol–water partition coefficient (Wildman–Crippen LogP) is 5.22. The van der Waals surface area contributed by atoms with E-state index in [0.29, 0.717) is 5.02 Å². The van der Waals surface area contributed by atoms with Crippen molar-refractivity contribution in [3.8, 4) is 11.1 Å². The van der Waals surface area contributed by atoms with Gasteiger partial charge in [0, 0.05) is 9.93 Å². The predicted molar refractivity (Wildman–Crippen MR) is 90.6 cm³/mol. The van der Waals surface area contributed by atoms with E-state index in [-0.39, 0.29) is 12.3 Å². The molecule has 23 heavy (non-hydrogen) atoms. The van der Waals surface area contributed by atoms with Crippen LogP contribution in [-0.2, 0) is 9.53 Å². The maximum Gasteiger partial charge on any atom is 0.340 e. The molecule has 0 fully saturated rings. The number of rotatable bonds is 5. The summed E-state index contributed by atoms with van der Waals surface area (Å²) in [6.07, 6.45) is 1.49. The highest BCUT2D eigenvalue weighted by atomic mass is 35.5. The summed E-state index contributed by atoms with van der Waals surface area (Å²) < 4.78 is 4.85. The molecule has 0 aliphatic carbocycles. The molecule has 0 radical (unpaired) electrons. The molecule has 0 saturated heterocycles. The van der Waals surface area contributed by atoms with E-state index in [1.54, 1.807) is 6.92 Å². The van der Waals surface area contributed by atoms with Crippen molar-refractivity contribution in [1.82, 2.24) is 0 Å². The van der Waals surface area contributed by atoms with Crippen LogP contribution in [0.1, 0.15) is 12.5 Å². The summed E-state index contributed by atoms with van der Waals surface area (Å²) in [5.74, 6) is -0.649. The second-order valence-corrected chi connectivity index (χ2v) is 5.01. The molecule has 0 spiro atoms. The van der Waals surface area contributed by atoms with Gasteiger partial charge in [-0.1, -0.05) is 53.1 Å². The Labute approximate surface area is 138 Å². The SMILES string of the molecule is CCOC(=O)/C(=C/c1ccc(-c2cccc(Cl)c2)cc1)N=[N+]=[N-]. The van der Waals surface area contributed by atoms with Gasteiger partial charge in [-0.25, -0.2) is 4.79 Å². The van der Waals surface area contributed by atoms with E-state index in [1.807, 2.05) is 48.5 Å². The number of esters is 1. The third-order valence-electron chi connectivity index (χ3n) is 3.01. The number of ether oxygens (including phenoxy) is 1. The van der Waals surface area contributed by atoms with Crippen molar-refractivity contribution in [2.75, 3.05) is 6.61 Å². The molecule has 0 aliphatic rings. The number of hydrogen-bond donors (Lipinski definition) is 0. The monoisotopic (exact) mass is 327 g/mol. The fourth-order valence-corrected chi connectivity index (χ4v) is 2.17. The van der Waals surface area contributed by atoms with Gasteiger partial charge in [-0.15, -0.1) is 0 Å². The lowest BCUT2D eigenvalue weighted by molar-refractivity contribution is -0.138. The number of halogens is 1. The zero-order chi connectivity index (χ0) is 16.7. The number of carbonyl (C=O) groups is 1. The summed E-state index contributed by atoms with van der Waals surface area (Å²) >= 11 is 5.99. The van der Waals surface area contributed by atoms with Gasteiger partial charge in [-0.05, 0) is 47.4 Å². The molecule has 0 aliphatic heterocycles. The molecule has 2 aromatic carbocycles. The molecule has 2 aromatic rings. The van der Waals surface area contributed by atoms with Crippen molar-refractivity contribution in [1.29, 1.82) is 0 Å². The van der Waals surface area contributed by atoms with E-state index < -0.39 is 5.97 Å². The van der Waals surface area contributed by atoms with Crippen LogP contribution in [0.15, 0.2) is 59.3 Å². The first kappa shape index (κ1) is 16.6. The maximum atomic E-state index is 11.7. The lowest BCUT2D eigenvalue weighted by Gasteiger charge is -2.04. The van der Waals surface area contributed by atoms with Gasteiger partial charge in [-0.3, -0.25) is 0 Å². The number of nitrogens with zero attached hydrogens (tertiary/aromatic N) is 3. The third-order valence-corrected chi connectivity index (χ3v) is 3.24. The normalized spacial score (nSPS) is 10.8. The van der Waals surface area contributed by atoms with Crippen molar-refractivity contribution in [3.05, 3.63) is 75.3 Å². The molecule has 0 N–H and O–H groups in total. The Hall–Kier alpha value is -2.75. The Balaban J connectivity index is 2.29. The topological polar surface area (TPSA) is 75.1 Å². The molecular weight excluding hydrogens is 314 g/mol. The zero-order valence-corrected chi connectivity index (χ0v) is 13.2. The molecular formula is C17H14ClN3O2. The van der Waals surface area contributed by atoms with Crippen LogP contribution in [0.4, 0.5) is 0 Å². The first-order valence-electron chi connectivity index (χ1n) is 6.94. The molecule has 2 rings (SSSR count). The summed E-state index contributed by atoms with van der Waals surface area (Å²) in [5.41, 5.74) is 11.2. The van der Waals surface area contributed by atoms with Gasteiger partial charge in [0.2, 0.25) is 0 Å². The first-order chi connectivity index (χ1) is 11.1. The third kappa shape index (κ3) is 4.61. The van der Waals surface area contributed by atoms with Gasteiger partial charge in [0.15, 0.2) is 0 Å². The zero-order valence-electron chi connectivity index (χ0n) is 12.4. The Morgan fingerprint density at radius 1 is 1.26 bits per heavy atom. The highest BCUT2D eigenvalue weighted by Gasteiger charge is 2.08. The smallest absolute Gasteiger partial charge is 0.340 e. The van der Waals surface area contributed by atoms with E-state index in [0.717, 1.165) is 16.7 Å². The first-order valence-corrected chi connectivity index (χ1v) is 7.31. The van der Waals surface area contributed by atoms with E-state index in [1.165, 1.54) is 6.08 Å². The molecule has 0 aromatic heterocycles. The summed E-state index contributed by atoms with van der Waals surface area (Å²) in [5, 5.41) is 4.05. The Morgan fingerprint density at radius 2 is 2.00 bits per heavy atom. The van der Waals surface area contributed by atoms with Crippen LogP contribution in [0.2, 0.25) is 5.02 Å². The van der Waals surface area contributed by atoms with Crippen LogP contribution < -0.4 is 0 Å². The largest absolute Gasteiger partial charge is 0.462 e. The molecule has 6 heteroatoms. The molecule has 0 amide bonds. The van der Waals surface area contributed by atoms with Gasteiger partial charge in [-0.2, -0.15) is 0 Å². The summed E-state index contributed by atoms with van der Waals surface area (Å²) in [7, 11) is 0. The number of benzene rings is 2. The van der Waals surface area contributed by atoms with Crippen LogP contribution in [0.3, 0.4) is 0 Å². The average Bonchev–Trinajstić information content (AvgIpc) is 2.55. The molecule has 0 saturated carbocycles. The van der Waals surface area contributed by atoms with Crippen molar-refractivity contribution in [2.24, 2.45) is 5.11 Å². The van der Waals surface area contributed by atoms with Crippen LogP contribution in [-0.4, -0.2) is 12.6 Å². The molecule has 0 atom stereocenters. The molecule has 5 nitrogen and oxygen atoms in total. The Kier molecular flexibility index (Phi) is 5.80. The van der Waals surface area contributed by atoms with Crippen LogP contribution in [0, 0.1) is 0 Å². The van der Waals surface area contributed by atoms with Crippen LogP contribution >= 0.6 is 11.6 Å². The molecule has 0 bridgehead atoms. The molecule has 0 heterocycles. The van der Waals surface area contributed by atoms with Crippen molar-refractivity contribution < 1.29 is 9.53 Å². The second kappa shape index (κ2) is 8.03. The minimum absolute atomic E-state index is 0.0788. The molecule has 0 unspecified atom stereocenters. The number of azide groups is 1. The van der Waals surface area contributed by atoms with Crippen molar-refractivity contribution >= 4 is 23.6 Å². The minimum atomic E-state index is -0.649. The van der Waals surface area contributed by atoms with Gasteiger partial charge in [0.1, 0.15) is 5.70 Å². The van der Waals surface area contributed by atoms with E-state index >= 15 is 0 Å². The highest BCUT2D eigenvalue weighted by Crippen LogP contribution is 2.23. The summed E-state index contributed by atoms with van der Waals surface area (Å²) in [6.45, 7) is 1.90. The summed E-state index contributed by atoms with van der Waals surface area (Å²) in [4.78, 5) is 14.3. The fourth-order valence-electron chi connectivity index (χ4n) is 1.98. The standard InChI is InChI=1S/C17H14ClN3O2/c1-2-23-17(22)16(20-21-19)10-12-6-8-13(9-7-12)14-4-3-5-15(18)11-14/h3-11H,2H2,1H3/b16-10-. The lowest BCUT2D eigenvalue weighted by atomic mass is 10.0. The van der Waals surface area contributed by atoms with Crippen LogP contribution in [0.25, 0.3) is 27.6 Å². The minimum Gasteiger partial charge on any atom is -0.462 e. The Morgan fingerprint density at radius 3 is 2.61 bits per heavy atom. The number of hydrogen-bond acceptors (Lipinski definition) is 3. The van der Waals surface area contributed by atoms with E-state index in [2.05, 4.69) is 10.0 Å². The fraction of sp³-hybridized carbons (Fsp3) is 0.118. The van der Waals surface area contributed by atoms with Gasteiger partial charge in [0.25, 0.3) is 0 Å². The average molecular weight is 328 g/mol. The van der Waals surface area contributed by atoms with Gasteiger partial charge in [0.05, 0.1) is 6.61 Å². The van der Waals surface area contributed by atoms with E-state index in [4.69, 9.17) is 21.9 Å². The van der Waals surface area contributed by atoms with E-state index in [9.17, 15) is 4.79 Å². The second-order valence-electron chi connectivity index (χ2n) is 4.57. The Bertz CT molecular complexity index is 779. The lowest BCUT2D eigenvalue weighted by Crippen LogP contribution is -2.05. The molecule has 116 valence electrons. The van der Waals surface area contributed by atoms with Crippen LogP contribution in [0.5, 0.6) is 0 Å². The van der Waals surface area contributed by atoms with Gasteiger partial charge >= 0.3 is 5.97 Å². The summed E-state index contributed by atoms with van der Waals surface area (Å²) in [6, 6.07) is 15.0.